The fourth-order valence-electron chi connectivity index (χ4n) is 2.75. The van der Waals surface area contributed by atoms with Crippen LogP contribution >= 0.6 is 12.2 Å². The predicted octanol–water partition coefficient (Wildman–Crippen LogP) is 3.03. The Balaban J connectivity index is 1.63. The lowest BCUT2D eigenvalue weighted by atomic mass is 10.2. The molecule has 32 heavy (non-hydrogen) atoms. The summed E-state index contributed by atoms with van der Waals surface area (Å²) >= 11 is 5.16. The highest BCUT2D eigenvalue weighted by Gasteiger charge is 2.16. The molecule has 0 aliphatic heterocycles. The number of methoxy groups -OCH3 is 1. The van der Waals surface area contributed by atoms with Crippen LogP contribution in [-0.2, 0) is 10.0 Å². The third-order valence-corrected chi connectivity index (χ3v) is 5.76. The molecule has 166 valence electrons. The van der Waals surface area contributed by atoms with Gasteiger partial charge >= 0.3 is 0 Å². The molecule has 0 spiro atoms. The van der Waals surface area contributed by atoms with Crippen molar-refractivity contribution >= 4 is 44.9 Å². The van der Waals surface area contributed by atoms with E-state index in [-0.39, 0.29) is 21.9 Å². The Morgan fingerprint density at radius 2 is 1.56 bits per heavy atom. The van der Waals surface area contributed by atoms with E-state index in [1.54, 1.807) is 44.2 Å². The molecule has 0 saturated heterocycles. The number of carbonyl (C=O) groups is 1. The SMILES string of the molecule is COc1ccc(C(=O)NC(=S)Nc2ccc(S(=O)(=O)Nc3nc(C)cc(C)n3)cc2)cc1. The van der Waals surface area contributed by atoms with E-state index in [2.05, 4.69) is 25.3 Å². The van der Waals surface area contributed by atoms with Crippen molar-refractivity contribution in [2.75, 3.05) is 17.1 Å². The van der Waals surface area contributed by atoms with Gasteiger partial charge in [0.1, 0.15) is 5.75 Å². The van der Waals surface area contributed by atoms with Crippen LogP contribution in [0.3, 0.4) is 0 Å². The van der Waals surface area contributed by atoms with Gasteiger partial charge in [-0.1, -0.05) is 0 Å². The number of hydrogen-bond donors (Lipinski definition) is 3. The van der Waals surface area contributed by atoms with E-state index in [1.165, 1.54) is 31.4 Å². The summed E-state index contributed by atoms with van der Waals surface area (Å²) in [5.41, 5.74) is 2.22. The minimum absolute atomic E-state index is 0.00660. The number of amides is 1. The molecule has 0 radical (unpaired) electrons. The average Bonchev–Trinajstić information content (AvgIpc) is 2.73. The van der Waals surface area contributed by atoms with Crippen molar-refractivity contribution in [3.8, 4) is 5.75 Å². The zero-order chi connectivity index (χ0) is 23.3. The number of sulfonamides is 1. The van der Waals surface area contributed by atoms with Crippen molar-refractivity contribution in [2.24, 2.45) is 0 Å². The van der Waals surface area contributed by atoms with Gasteiger partial charge in [-0.05, 0) is 80.7 Å². The van der Waals surface area contributed by atoms with Crippen LogP contribution in [0.25, 0.3) is 0 Å². The Labute approximate surface area is 191 Å². The predicted molar refractivity (Wildman–Crippen MR) is 125 cm³/mol. The quantitative estimate of drug-likeness (QED) is 0.469. The minimum atomic E-state index is -3.87. The second-order valence-electron chi connectivity index (χ2n) is 6.74. The van der Waals surface area contributed by atoms with Crippen molar-refractivity contribution < 1.29 is 17.9 Å². The number of aryl methyl sites for hydroxylation is 2. The first kappa shape index (κ1) is 23.1. The molecular formula is C21H21N5O4S2. The molecule has 0 saturated carbocycles. The standard InChI is InChI=1S/C21H21N5O4S2/c1-13-12-14(2)23-20(22-13)26-32(28,29)18-10-6-16(7-11-18)24-21(31)25-19(27)15-4-8-17(30-3)9-5-15/h4-12H,1-3H3,(H,22,23,26)(H2,24,25,27,31). The number of hydrogen-bond acceptors (Lipinski definition) is 7. The van der Waals surface area contributed by atoms with Gasteiger partial charge in [-0.2, -0.15) is 0 Å². The summed E-state index contributed by atoms with van der Waals surface area (Å²) in [5, 5.41) is 5.48. The van der Waals surface area contributed by atoms with Gasteiger partial charge in [0.05, 0.1) is 12.0 Å². The lowest BCUT2D eigenvalue weighted by molar-refractivity contribution is 0.0977. The molecule has 3 rings (SSSR count). The third-order valence-electron chi connectivity index (χ3n) is 4.21. The zero-order valence-electron chi connectivity index (χ0n) is 17.5. The van der Waals surface area contributed by atoms with Gasteiger partial charge in [-0.3, -0.25) is 10.1 Å². The Morgan fingerprint density at radius 3 is 2.12 bits per heavy atom. The first-order valence-electron chi connectivity index (χ1n) is 9.38. The van der Waals surface area contributed by atoms with Crippen LogP contribution in [0.15, 0.2) is 59.5 Å². The number of rotatable bonds is 6. The maximum atomic E-state index is 12.6. The second-order valence-corrected chi connectivity index (χ2v) is 8.83. The van der Waals surface area contributed by atoms with E-state index in [4.69, 9.17) is 17.0 Å². The lowest BCUT2D eigenvalue weighted by Crippen LogP contribution is -2.34. The number of anilines is 2. The summed E-state index contributed by atoms with van der Waals surface area (Å²) < 4.78 is 32.6. The summed E-state index contributed by atoms with van der Waals surface area (Å²) in [6.45, 7) is 3.51. The fourth-order valence-corrected chi connectivity index (χ4v) is 3.90. The van der Waals surface area contributed by atoms with E-state index >= 15 is 0 Å². The van der Waals surface area contributed by atoms with E-state index in [9.17, 15) is 13.2 Å². The maximum absolute atomic E-state index is 12.6. The minimum Gasteiger partial charge on any atom is -0.497 e. The van der Waals surface area contributed by atoms with Gasteiger partial charge in [0.2, 0.25) is 5.95 Å². The van der Waals surface area contributed by atoms with Crippen molar-refractivity contribution in [1.29, 1.82) is 0 Å². The Bertz CT molecular complexity index is 1220. The molecule has 0 fully saturated rings. The van der Waals surface area contributed by atoms with Crippen LogP contribution in [0.2, 0.25) is 0 Å². The van der Waals surface area contributed by atoms with Gasteiger partial charge in [0.25, 0.3) is 15.9 Å². The topological polar surface area (TPSA) is 122 Å². The molecule has 0 unspecified atom stereocenters. The van der Waals surface area contributed by atoms with Crippen LogP contribution in [0.5, 0.6) is 5.75 Å². The highest BCUT2D eigenvalue weighted by Crippen LogP contribution is 2.17. The Kier molecular flexibility index (Phi) is 7.01. The van der Waals surface area contributed by atoms with Gasteiger partial charge in [-0.25, -0.2) is 23.1 Å². The number of benzene rings is 2. The van der Waals surface area contributed by atoms with Crippen LogP contribution in [0.4, 0.5) is 11.6 Å². The molecule has 0 aliphatic carbocycles. The number of nitrogens with zero attached hydrogens (tertiary/aromatic N) is 2. The molecule has 3 aromatic rings. The molecule has 0 atom stereocenters. The van der Waals surface area contributed by atoms with E-state index < -0.39 is 10.0 Å². The average molecular weight is 472 g/mol. The summed E-state index contributed by atoms with van der Waals surface area (Å²) in [6, 6.07) is 14.2. The van der Waals surface area contributed by atoms with Crippen LogP contribution in [-0.4, -0.2) is 36.5 Å². The molecule has 11 heteroatoms. The molecule has 1 heterocycles. The van der Waals surface area contributed by atoms with Crippen LogP contribution in [0, 0.1) is 13.8 Å². The zero-order valence-corrected chi connectivity index (χ0v) is 19.2. The second kappa shape index (κ2) is 9.71. The van der Waals surface area contributed by atoms with Gasteiger partial charge < -0.3 is 10.1 Å². The fraction of sp³-hybridized carbons (Fsp3) is 0.143. The number of aromatic nitrogens is 2. The molecule has 9 nitrogen and oxygen atoms in total. The summed E-state index contributed by atoms with van der Waals surface area (Å²) in [7, 11) is -2.33. The number of ether oxygens (including phenoxy) is 1. The van der Waals surface area contributed by atoms with Gasteiger partial charge in [0, 0.05) is 22.6 Å². The first-order valence-corrected chi connectivity index (χ1v) is 11.3. The molecular weight excluding hydrogens is 450 g/mol. The number of nitrogens with one attached hydrogen (secondary N) is 3. The normalized spacial score (nSPS) is 10.8. The van der Waals surface area contributed by atoms with Gasteiger partial charge in [-0.15, -0.1) is 0 Å². The van der Waals surface area contributed by atoms with E-state index in [1.807, 2.05) is 0 Å². The maximum Gasteiger partial charge on any atom is 0.264 e. The Morgan fingerprint density at radius 1 is 0.969 bits per heavy atom. The molecule has 3 N–H and O–H groups in total. The molecule has 1 amide bonds. The van der Waals surface area contributed by atoms with Gasteiger partial charge in [0.15, 0.2) is 5.11 Å². The molecule has 2 aromatic carbocycles. The highest BCUT2D eigenvalue weighted by molar-refractivity contribution is 7.92. The summed E-state index contributed by atoms with van der Waals surface area (Å²) in [4.78, 5) is 20.5. The Hall–Kier alpha value is -3.57. The number of carbonyl (C=O) groups excluding carboxylic acids is 1. The monoisotopic (exact) mass is 471 g/mol. The molecule has 0 bridgehead atoms. The molecule has 0 aliphatic rings. The van der Waals surface area contributed by atoms with Crippen molar-refractivity contribution in [3.63, 3.8) is 0 Å². The van der Waals surface area contributed by atoms with E-state index in [0.717, 1.165) is 0 Å². The lowest BCUT2D eigenvalue weighted by Gasteiger charge is -2.11. The van der Waals surface area contributed by atoms with Crippen LogP contribution in [0.1, 0.15) is 21.7 Å². The smallest absolute Gasteiger partial charge is 0.264 e. The highest BCUT2D eigenvalue weighted by atomic mass is 32.2. The summed E-state index contributed by atoms with van der Waals surface area (Å²) in [6.07, 6.45) is 0. The number of thiocarbonyl (C=S) groups is 1. The van der Waals surface area contributed by atoms with Crippen molar-refractivity contribution in [2.45, 2.75) is 18.7 Å². The van der Waals surface area contributed by atoms with Crippen LogP contribution < -0.4 is 20.1 Å². The largest absolute Gasteiger partial charge is 0.497 e. The van der Waals surface area contributed by atoms with Crippen molar-refractivity contribution in [1.82, 2.24) is 15.3 Å². The molecule has 1 aromatic heterocycles. The first-order chi connectivity index (χ1) is 15.2. The summed E-state index contributed by atoms with van der Waals surface area (Å²) in [5.74, 6) is 0.255. The van der Waals surface area contributed by atoms with Crippen molar-refractivity contribution in [3.05, 3.63) is 71.5 Å². The third kappa shape index (κ3) is 5.99. The van der Waals surface area contributed by atoms with E-state index in [0.29, 0.717) is 28.4 Å².